The summed E-state index contributed by atoms with van der Waals surface area (Å²) in [7, 11) is 0. The van der Waals surface area contributed by atoms with E-state index < -0.39 is 0 Å². The van der Waals surface area contributed by atoms with Crippen molar-refractivity contribution < 1.29 is 18.8 Å². The molecule has 2 aromatic rings. The molecule has 0 spiro atoms. The highest BCUT2D eigenvalue weighted by Crippen LogP contribution is 2.36. The number of nitrogens with one attached hydrogen (secondary N) is 1. The van der Waals surface area contributed by atoms with E-state index in [-0.39, 0.29) is 30.6 Å². The van der Waals surface area contributed by atoms with Crippen LogP contribution in [0.5, 0.6) is 11.5 Å². The summed E-state index contributed by atoms with van der Waals surface area (Å²) in [6.45, 7) is 4.40. The molecule has 2 unspecified atom stereocenters. The van der Waals surface area contributed by atoms with Crippen molar-refractivity contribution in [1.29, 1.82) is 0 Å². The summed E-state index contributed by atoms with van der Waals surface area (Å²) in [5.74, 6) is 2.71. The van der Waals surface area contributed by atoms with E-state index in [1.807, 2.05) is 18.2 Å². The molecule has 27 heavy (non-hydrogen) atoms. The molecule has 4 rings (SSSR count). The normalized spacial score (nSPS) is 18.4. The fraction of sp³-hybridized carbons (Fsp3) is 0.550. The third-order valence-corrected chi connectivity index (χ3v) is 5.58. The van der Waals surface area contributed by atoms with Gasteiger partial charge in [0.1, 0.15) is 6.04 Å². The third kappa shape index (κ3) is 3.63. The first-order valence-electron chi connectivity index (χ1n) is 9.69. The lowest BCUT2D eigenvalue weighted by Crippen LogP contribution is -2.36. The fourth-order valence-electron chi connectivity index (χ4n) is 3.66. The number of benzene rings is 1. The number of hydrogen-bond donors (Lipinski definition) is 1. The number of fused-ring (bicyclic) bond motifs is 1. The average Bonchev–Trinajstić information content (AvgIpc) is 3.45. The lowest BCUT2D eigenvalue weighted by molar-refractivity contribution is -0.126. The number of nitrogens with zero attached hydrogens (tertiary/aromatic N) is 2. The zero-order valence-electron chi connectivity index (χ0n) is 15.7. The molecule has 0 saturated heterocycles. The largest absolute Gasteiger partial charge is 0.454 e. The molecule has 7 nitrogen and oxygen atoms in total. The molecule has 1 aromatic heterocycles. The van der Waals surface area contributed by atoms with Crippen LogP contribution < -0.4 is 14.8 Å². The fourth-order valence-corrected chi connectivity index (χ4v) is 3.66. The Morgan fingerprint density at radius 3 is 2.81 bits per heavy atom. The molecule has 2 atom stereocenters. The third-order valence-electron chi connectivity index (χ3n) is 5.58. The van der Waals surface area contributed by atoms with Crippen molar-refractivity contribution in [3.8, 4) is 22.9 Å². The van der Waals surface area contributed by atoms with Crippen LogP contribution in [0.4, 0.5) is 0 Å². The van der Waals surface area contributed by atoms with Crippen molar-refractivity contribution in [2.45, 2.75) is 52.0 Å². The van der Waals surface area contributed by atoms with Gasteiger partial charge < -0.3 is 19.3 Å². The minimum atomic E-state index is -0.279. The van der Waals surface area contributed by atoms with E-state index in [1.54, 1.807) is 0 Å². The van der Waals surface area contributed by atoms with E-state index >= 15 is 0 Å². The summed E-state index contributed by atoms with van der Waals surface area (Å²) >= 11 is 0. The van der Waals surface area contributed by atoms with Crippen molar-refractivity contribution in [3.63, 3.8) is 0 Å². The molecule has 1 aliphatic heterocycles. The van der Waals surface area contributed by atoms with Crippen LogP contribution in [-0.2, 0) is 4.79 Å². The lowest BCUT2D eigenvalue weighted by Gasteiger charge is -2.22. The van der Waals surface area contributed by atoms with E-state index in [0.717, 1.165) is 37.7 Å². The monoisotopic (exact) mass is 371 g/mol. The van der Waals surface area contributed by atoms with Crippen LogP contribution in [-0.4, -0.2) is 22.8 Å². The molecule has 1 saturated carbocycles. The predicted octanol–water partition coefficient (Wildman–Crippen LogP) is 3.86. The molecule has 0 bridgehead atoms. The highest BCUT2D eigenvalue weighted by molar-refractivity contribution is 5.79. The Kier molecular flexibility index (Phi) is 5.01. The molecular weight excluding hydrogens is 346 g/mol. The SMILES string of the molecule is CCC(C)C(NC(=O)C1CCCC1)c1nc(-c2ccc3c(c2)OCO3)no1. The zero-order valence-corrected chi connectivity index (χ0v) is 15.7. The zero-order chi connectivity index (χ0) is 18.8. The van der Waals surface area contributed by atoms with E-state index in [1.165, 1.54) is 0 Å². The van der Waals surface area contributed by atoms with Crippen LogP contribution in [0.15, 0.2) is 22.7 Å². The van der Waals surface area contributed by atoms with Crippen molar-refractivity contribution in [1.82, 2.24) is 15.5 Å². The molecule has 1 aliphatic carbocycles. The second-order valence-corrected chi connectivity index (χ2v) is 7.38. The quantitative estimate of drug-likeness (QED) is 0.830. The maximum Gasteiger partial charge on any atom is 0.249 e. The number of carbonyl (C=O) groups excluding carboxylic acids is 1. The Morgan fingerprint density at radius 2 is 2.04 bits per heavy atom. The van der Waals surface area contributed by atoms with Gasteiger partial charge in [0.2, 0.25) is 24.4 Å². The molecule has 2 aliphatic rings. The first kappa shape index (κ1) is 17.8. The smallest absolute Gasteiger partial charge is 0.249 e. The highest BCUT2D eigenvalue weighted by Gasteiger charge is 2.30. The van der Waals surface area contributed by atoms with Crippen molar-refractivity contribution in [2.24, 2.45) is 11.8 Å². The molecule has 1 amide bonds. The molecule has 144 valence electrons. The van der Waals surface area contributed by atoms with Gasteiger partial charge in [0.15, 0.2) is 11.5 Å². The van der Waals surface area contributed by atoms with E-state index in [4.69, 9.17) is 14.0 Å². The summed E-state index contributed by atoms with van der Waals surface area (Å²) in [6.07, 6.45) is 5.08. The summed E-state index contributed by atoms with van der Waals surface area (Å²) < 4.78 is 16.3. The van der Waals surface area contributed by atoms with E-state index in [9.17, 15) is 4.79 Å². The van der Waals surface area contributed by atoms with Crippen LogP contribution in [0, 0.1) is 11.8 Å². The van der Waals surface area contributed by atoms with Gasteiger partial charge in [0.05, 0.1) is 0 Å². The topological polar surface area (TPSA) is 86.5 Å². The molecule has 1 fully saturated rings. The van der Waals surface area contributed by atoms with Gasteiger partial charge in [-0.1, -0.05) is 38.3 Å². The molecule has 1 aromatic carbocycles. The summed E-state index contributed by atoms with van der Waals surface area (Å²) in [6, 6.07) is 5.27. The van der Waals surface area contributed by atoms with E-state index in [0.29, 0.717) is 23.2 Å². The number of aromatic nitrogens is 2. The second kappa shape index (κ2) is 7.58. The van der Waals surface area contributed by atoms with Gasteiger partial charge in [0, 0.05) is 11.5 Å². The predicted molar refractivity (Wildman–Crippen MR) is 98.2 cm³/mol. The van der Waals surface area contributed by atoms with Gasteiger partial charge in [-0.15, -0.1) is 0 Å². The van der Waals surface area contributed by atoms with Crippen molar-refractivity contribution in [3.05, 3.63) is 24.1 Å². The van der Waals surface area contributed by atoms with Crippen LogP contribution in [0.25, 0.3) is 11.4 Å². The minimum absolute atomic E-state index is 0.0978. The number of rotatable bonds is 6. The van der Waals surface area contributed by atoms with Crippen LogP contribution in [0.2, 0.25) is 0 Å². The maximum absolute atomic E-state index is 12.6. The molecular formula is C20H25N3O4. The maximum atomic E-state index is 12.6. The van der Waals surface area contributed by atoms with Gasteiger partial charge in [0.25, 0.3) is 0 Å². The summed E-state index contributed by atoms with van der Waals surface area (Å²) in [4.78, 5) is 17.2. The first-order chi connectivity index (χ1) is 13.2. The number of amides is 1. The van der Waals surface area contributed by atoms with Crippen LogP contribution >= 0.6 is 0 Å². The number of hydrogen-bond acceptors (Lipinski definition) is 6. The van der Waals surface area contributed by atoms with Crippen molar-refractivity contribution >= 4 is 5.91 Å². The lowest BCUT2D eigenvalue weighted by atomic mass is 9.97. The summed E-state index contributed by atoms with van der Waals surface area (Å²) in [5, 5.41) is 7.27. The Balaban J connectivity index is 1.55. The van der Waals surface area contributed by atoms with Gasteiger partial charge in [-0.05, 0) is 37.0 Å². The van der Waals surface area contributed by atoms with Gasteiger partial charge >= 0.3 is 0 Å². The van der Waals surface area contributed by atoms with Gasteiger partial charge in [-0.25, -0.2) is 0 Å². The standard InChI is InChI=1S/C20H25N3O4/c1-3-12(2)17(21-19(24)13-6-4-5-7-13)20-22-18(23-27-20)14-8-9-15-16(10-14)26-11-25-15/h8-10,12-13,17H,3-7,11H2,1-2H3,(H,21,24). The molecule has 1 N–H and O–H groups in total. The van der Waals surface area contributed by atoms with Gasteiger partial charge in [-0.3, -0.25) is 4.79 Å². The highest BCUT2D eigenvalue weighted by atomic mass is 16.7. The van der Waals surface area contributed by atoms with Crippen molar-refractivity contribution in [2.75, 3.05) is 6.79 Å². The Morgan fingerprint density at radius 1 is 1.26 bits per heavy atom. The van der Waals surface area contributed by atoms with Crippen LogP contribution in [0.3, 0.4) is 0 Å². The van der Waals surface area contributed by atoms with Crippen LogP contribution in [0.1, 0.15) is 57.9 Å². The molecule has 0 radical (unpaired) electrons. The Labute approximate surface area is 158 Å². The summed E-state index contributed by atoms with van der Waals surface area (Å²) in [5.41, 5.74) is 0.791. The Bertz CT molecular complexity index is 813. The van der Waals surface area contributed by atoms with E-state index in [2.05, 4.69) is 29.3 Å². The Hall–Kier alpha value is -2.57. The molecule has 7 heteroatoms. The second-order valence-electron chi connectivity index (χ2n) is 7.38. The number of carbonyl (C=O) groups is 1. The molecule has 2 heterocycles. The average molecular weight is 371 g/mol. The minimum Gasteiger partial charge on any atom is -0.454 e. The van der Waals surface area contributed by atoms with Gasteiger partial charge in [-0.2, -0.15) is 4.98 Å². The number of ether oxygens (including phenoxy) is 2. The first-order valence-corrected chi connectivity index (χ1v) is 9.69.